The summed E-state index contributed by atoms with van der Waals surface area (Å²) in [6, 6.07) is 5.02. The zero-order valence-electron chi connectivity index (χ0n) is 11.2. The average Bonchev–Trinajstić information content (AvgIpc) is 3.05. The molecule has 106 valence electrons. The number of aliphatic hydroxyl groups is 1. The predicted octanol–water partition coefficient (Wildman–Crippen LogP) is 1.92. The van der Waals surface area contributed by atoms with Gasteiger partial charge in [-0.3, -0.25) is 4.79 Å². The molecule has 0 aromatic carbocycles. The Morgan fingerprint density at radius 2 is 2.30 bits per heavy atom. The Hall–Kier alpha value is -2.08. The van der Waals surface area contributed by atoms with E-state index in [0.717, 1.165) is 6.42 Å². The highest BCUT2D eigenvalue weighted by atomic mass is 16.5. The van der Waals surface area contributed by atoms with Crippen molar-refractivity contribution in [3.05, 3.63) is 30.2 Å². The fraction of sp³-hybridized carbons (Fsp3) is 0.429. The van der Waals surface area contributed by atoms with E-state index < -0.39 is 5.60 Å². The van der Waals surface area contributed by atoms with Gasteiger partial charge in [-0.2, -0.15) is 0 Å². The third-order valence-electron chi connectivity index (χ3n) is 3.47. The highest BCUT2D eigenvalue weighted by molar-refractivity contribution is 5.93. The van der Waals surface area contributed by atoms with Crippen molar-refractivity contribution in [3.8, 4) is 11.5 Å². The summed E-state index contributed by atoms with van der Waals surface area (Å²) in [6.07, 6.45) is 3.12. The van der Waals surface area contributed by atoms with Crippen LogP contribution in [0, 0.1) is 0 Å². The molecule has 0 bridgehead atoms. The van der Waals surface area contributed by atoms with Crippen LogP contribution in [-0.2, 0) is 0 Å². The van der Waals surface area contributed by atoms with E-state index in [4.69, 9.17) is 8.94 Å². The van der Waals surface area contributed by atoms with E-state index in [1.165, 1.54) is 6.26 Å². The van der Waals surface area contributed by atoms with Crippen molar-refractivity contribution in [1.29, 1.82) is 0 Å². The van der Waals surface area contributed by atoms with Gasteiger partial charge in [0.2, 0.25) is 5.76 Å². The Bertz CT molecular complexity index is 596. The minimum atomic E-state index is -0.738. The van der Waals surface area contributed by atoms with E-state index in [1.807, 2.05) is 6.92 Å². The highest BCUT2D eigenvalue weighted by Gasteiger charge is 2.43. The smallest absolute Gasteiger partial charge is 0.276 e. The molecule has 0 spiro atoms. The van der Waals surface area contributed by atoms with Crippen molar-refractivity contribution in [3.63, 3.8) is 0 Å². The second kappa shape index (κ2) is 4.79. The van der Waals surface area contributed by atoms with E-state index in [1.54, 1.807) is 23.1 Å². The molecule has 0 aliphatic carbocycles. The maximum Gasteiger partial charge on any atom is 0.276 e. The van der Waals surface area contributed by atoms with Crippen LogP contribution in [0.4, 0.5) is 0 Å². The number of β-amino-alcohol motifs (C(OH)–C–C–N with tert-alkyl or cyclic N) is 1. The maximum absolute atomic E-state index is 12.2. The molecule has 6 heteroatoms. The second-order valence-electron chi connectivity index (χ2n) is 5.19. The molecule has 0 saturated carbocycles. The van der Waals surface area contributed by atoms with Crippen molar-refractivity contribution in [2.45, 2.75) is 25.4 Å². The molecule has 0 atom stereocenters. The van der Waals surface area contributed by atoms with Crippen LogP contribution in [0.15, 0.2) is 33.4 Å². The second-order valence-corrected chi connectivity index (χ2v) is 5.19. The summed E-state index contributed by atoms with van der Waals surface area (Å²) in [7, 11) is 0. The number of furan rings is 1. The molecule has 1 amide bonds. The molecule has 2 aromatic heterocycles. The van der Waals surface area contributed by atoms with Crippen LogP contribution in [0.1, 0.15) is 30.3 Å². The molecule has 0 unspecified atom stereocenters. The van der Waals surface area contributed by atoms with Crippen molar-refractivity contribution >= 4 is 5.91 Å². The van der Waals surface area contributed by atoms with Gasteiger partial charge < -0.3 is 18.9 Å². The number of amides is 1. The number of hydrogen-bond acceptors (Lipinski definition) is 5. The number of nitrogens with zero attached hydrogens (tertiary/aromatic N) is 2. The van der Waals surface area contributed by atoms with Crippen molar-refractivity contribution < 1.29 is 18.8 Å². The van der Waals surface area contributed by atoms with Crippen molar-refractivity contribution in [2.24, 2.45) is 0 Å². The first-order valence-electron chi connectivity index (χ1n) is 6.63. The molecule has 1 aliphatic rings. The number of hydrogen-bond donors (Lipinski definition) is 1. The average molecular weight is 276 g/mol. The van der Waals surface area contributed by atoms with E-state index in [2.05, 4.69) is 5.16 Å². The first kappa shape index (κ1) is 12.9. The van der Waals surface area contributed by atoms with E-state index in [9.17, 15) is 9.90 Å². The minimum Gasteiger partial charge on any atom is -0.461 e. The van der Waals surface area contributed by atoms with Gasteiger partial charge in [-0.1, -0.05) is 18.5 Å². The van der Waals surface area contributed by atoms with Gasteiger partial charge in [-0.05, 0) is 18.6 Å². The summed E-state index contributed by atoms with van der Waals surface area (Å²) in [5.74, 6) is 0.720. The lowest BCUT2D eigenvalue weighted by Gasteiger charge is -2.46. The van der Waals surface area contributed by atoms with Gasteiger partial charge in [-0.25, -0.2) is 0 Å². The SMILES string of the molecule is CCCC1(O)CN(C(=O)c2cc(-c3ccco3)on2)C1. The molecule has 3 heterocycles. The number of rotatable bonds is 4. The lowest BCUT2D eigenvalue weighted by atomic mass is 9.89. The molecule has 0 radical (unpaired) electrons. The summed E-state index contributed by atoms with van der Waals surface area (Å²) in [5, 5.41) is 13.8. The molecule has 1 aliphatic heterocycles. The van der Waals surface area contributed by atoms with Gasteiger partial charge in [0.05, 0.1) is 25.0 Å². The lowest BCUT2D eigenvalue weighted by Crippen LogP contribution is -2.63. The Kier molecular flexibility index (Phi) is 3.10. The number of aromatic nitrogens is 1. The molecule has 1 fully saturated rings. The molecular formula is C14H16N2O4. The predicted molar refractivity (Wildman–Crippen MR) is 70.0 cm³/mol. The molecule has 1 N–H and O–H groups in total. The third-order valence-corrected chi connectivity index (χ3v) is 3.47. The molecule has 1 saturated heterocycles. The highest BCUT2D eigenvalue weighted by Crippen LogP contribution is 2.28. The third kappa shape index (κ3) is 2.22. The number of likely N-dealkylation sites (tertiary alicyclic amines) is 1. The fourth-order valence-corrected chi connectivity index (χ4v) is 2.50. The van der Waals surface area contributed by atoms with Crippen LogP contribution in [0.25, 0.3) is 11.5 Å². The zero-order valence-corrected chi connectivity index (χ0v) is 11.2. The minimum absolute atomic E-state index is 0.229. The topological polar surface area (TPSA) is 79.7 Å². The van der Waals surface area contributed by atoms with E-state index in [-0.39, 0.29) is 11.6 Å². The van der Waals surface area contributed by atoms with Crippen LogP contribution in [0.3, 0.4) is 0 Å². The van der Waals surface area contributed by atoms with Gasteiger partial charge >= 0.3 is 0 Å². The van der Waals surface area contributed by atoms with Gasteiger partial charge in [0.1, 0.15) is 0 Å². The summed E-state index contributed by atoms with van der Waals surface area (Å²) in [5.41, 5.74) is -0.507. The standard InChI is InChI=1S/C14H16N2O4/c1-2-5-14(18)8-16(9-14)13(17)10-7-12(20-15-10)11-4-3-6-19-11/h3-4,6-7,18H,2,5,8-9H2,1H3. The fourth-order valence-electron chi connectivity index (χ4n) is 2.50. The zero-order chi connectivity index (χ0) is 14.2. The van der Waals surface area contributed by atoms with Crippen LogP contribution in [-0.4, -0.2) is 39.8 Å². The Balaban J connectivity index is 1.67. The Morgan fingerprint density at radius 3 is 2.95 bits per heavy atom. The van der Waals surface area contributed by atoms with Crippen LogP contribution in [0.5, 0.6) is 0 Å². The molecule has 6 nitrogen and oxygen atoms in total. The van der Waals surface area contributed by atoms with E-state index >= 15 is 0 Å². The van der Waals surface area contributed by atoms with Crippen LogP contribution >= 0.6 is 0 Å². The first-order valence-corrected chi connectivity index (χ1v) is 6.63. The summed E-state index contributed by atoms with van der Waals surface area (Å²) < 4.78 is 10.3. The maximum atomic E-state index is 12.2. The van der Waals surface area contributed by atoms with Crippen LogP contribution in [0.2, 0.25) is 0 Å². The Labute approximate surface area is 116 Å². The normalized spacial score (nSPS) is 17.0. The lowest BCUT2D eigenvalue weighted by molar-refractivity contribution is -0.0862. The quantitative estimate of drug-likeness (QED) is 0.922. The van der Waals surface area contributed by atoms with Gasteiger partial charge in [0.25, 0.3) is 5.91 Å². The van der Waals surface area contributed by atoms with E-state index in [0.29, 0.717) is 31.0 Å². The molecule has 3 rings (SSSR count). The molecular weight excluding hydrogens is 260 g/mol. The van der Waals surface area contributed by atoms with Crippen molar-refractivity contribution in [1.82, 2.24) is 10.1 Å². The summed E-state index contributed by atoms with van der Waals surface area (Å²) in [4.78, 5) is 13.7. The van der Waals surface area contributed by atoms with Crippen LogP contribution < -0.4 is 0 Å². The largest absolute Gasteiger partial charge is 0.461 e. The number of carbonyl (C=O) groups is 1. The van der Waals surface area contributed by atoms with Crippen molar-refractivity contribution in [2.75, 3.05) is 13.1 Å². The number of carbonyl (C=O) groups excluding carboxylic acids is 1. The molecule has 2 aromatic rings. The van der Waals surface area contributed by atoms with Gasteiger partial charge in [0, 0.05) is 6.07 Å². The monoisotopic (exact) mass is 276 g/mol. The summed E-state index contributed by atoms with van der Waals surface area (Å²) in [6.45, 7) is 2.71. The summed E-state index contributed by atoms with van der Waals surface area (Å²) >= 11 is 0. The Morgan fingerprint density at radius 1 is 1.50 bits per heavy atom. The first-order chi connectivity index (χ1) is 9.61. The van der Waals surface area contributed by atoms with Gasteiger partial charge in [-0.15, -0.1) is 0 Å². The van der Waals surface area contributed by atoms with Gasteiger partial charge in [0.15, 0.2) is 11.5 Å². The molecule has 20 heavy (non-hydrogen) atoms.